The minimum atomic E-state index is -0.438. The van der Waals surface area contributed by atoms with Gasteiger partial charge >= 0.3 is 0 Å². The molecule has 1 aromatic carbocycles. The lowest BCUT2D eigenvalue weighted by Crippen LogP contribution is -2.46. The van der Waals surface area contributed by atoms with Gasteiger partial charge in [-0.25, -0.2) is 0 Å². The van der Waals surface area contributed by atoms with E-state index in [0.29, 0.717) is 19.5 Å². The fraction of sp³-hybridized carbons (Fsp3) is 0.619. The van der Waals surface area contributed by atoms with Crippen LogP contribution in [0.25, 0.3) is 0 Å². The van der Waals surface area contributed by atoms with E-state index in [1.54, 1.807) is 23.1 Å². The van der Waals surface area contributed by atoms with Gasteiger partial charge in [-0.05, 0) is 63.2 Å². The van der Waals surface area contributed by atoms with Gasteiger partial charge in [-0.15, -0.1) is 0 Å². The van der Waals surface area contributed by atoms with Gasteiger partial charge in [-0.2, -0.15) is 0 Å². The zero-order valence-corrected chi connectivity index (χ0v) is 16.2. The largest absolute Gasteiger partial charge is 0.507 e. The fourth-order valence-corrected chi connectivity index (χ4v) is 4.21. The lowest BCUT2D eigenvalue weighted by Gasteiger charge is -2.30. The number of carbonyl (C=O) groups is 2. The van der Waals surface area contributed by atoms with Crippen LogP contribution in [0.4, 0.5) is 0 Å². The molecule has 2 amide bonds. The molecular formula is C21H31N3O3. The van der Waals surface area contributed by atoms with Gasteiger partial charge in [-0.3, -0.25) is 9.59 Å². The Morgan fingerprint density at radius 2 is 1.96 bits per heavy atom. The summed E-state index contributed by atoms with van der Waals surface area (Å²) in [6.45, 7) is 6.80. The van der Waals surface area contributed by atoms with E-state index in [-0.39, 0.29) is 23.1 Å². The average Bonchev–Trinajstić information content (AvgIpc) is 3.15. The number of hydrogen-bond acceptors (Lipinski definition) is 4. The molecule has 2 heterocycles. The van der Waals surface area contributed by atoms with Crippen LogP contribution in [0.1, 0.15) is 49.4 Å². The summed E-state index contributed by atoms with van der Waals surface area (Å²) in [6.07, 6.45) is 4.99. The van der Waals surface area contributed by atoms with Gasteiger partial charge in [0.25, 0.3) is 5.91 Å². The molecule has 2 N–H and O–H groups in total. The maximum absolute atomic E-state index is 12.7. The summed E-state index contributed by atoms with van der Waals surface area (Å²) in [7, 11) is 0. The number of aromatic hydroxyl groups is 1. The first-order valence-electron chi connectivity index (χ1n) is 10.2. The van der Waals surface area contributed by atoms with Gasteiger partial charge < -0.3 is 20.2 Å². The lowest BCUT2D eigenvalue weighted by molar-refractivity contribution is -0.124. The Balaban J connectivity index is 1.47. The molecule has 148 valence electrons. The quantitative estimate of drug-likeness (QED) is 0.750. The molecule has 27 heavy (non-hydrogen) atoms. The maximum Gasteiger partial charge on any atom is 0.258 e. The summed E-state index contributed by atoms with van der Waals surface area (Å²) in [5, 5.41) is 12.9. The molecule has 0 bridgehead atoms. The van der Waals surface area contributed by atoms with Crippen molar-refractivity contribution in [3.05, 3.63) is 29.8 Å². The van der Waals surface area contributed by atoms with E-state index >= 15 is 0 Å². The number of phenols is 1. The Morgan fingerprint density at radius 1 is 1.19 bits per heavy atom. The maximum atomic E-state index is 12.7. The van der Waals surface area contributed by atoms with Crippen LogP contribution in [0.3, 0.4) is 0 Å². The molecule has 0 radical (unpaired) electrons. The number of carbonyl (C=O) groups excluding carboxylic acids is 2. The van der Waals surface area contributed by atoms with Crippen molar-refractivity contribution in [2.24, 2.45) is 5.92 Å². The highest BCUT2D eigenvalue weighted by Crippen LogP contribution is 2.24. The third-order valence-corrected chi connectivity index (χ3v) is 5.64. The van der Waals surface area contributed by atoms with Crippen LogP contribution in [-0.4, -0.2) is 65.5 Å². The van der Waals surface area contributed by atoms with Crippen molar-refractivity contribution in [1.29, 1.82) is 0 Å². The molecule has 1 aromatic rings. The van der Waals surface area contributed by atoms with Crippen LogP contribution in [0.2, 0.25) is 0 Å². The van der Waals surface area contributed by atoms with Gasteiger partial charge in [0.05, 0.1) is 5.56 Å². The number of nitrogens with zero attached hydrogens (tertiary/aromatic N) is 2. The average molecular weight is 373 g/mol. The Kier molecular flexibility index (Phi) is 6.72. The summed E-state index contributed by atoms with van der Waals surface area (Å²) in [5.41, 5.74) is 0.261. The predicted octanol–water partition coefficient (Wildman–Crippen LogP) is 2.23. The zero-order chi connectivity index (χ0) is 19.2. The fourth-order valence-electron chi connectivity index (χ4n) is 4.21. The second-order valence-electron chi connectivity index (χ2n) is 7.87. The van der Waals surface area contributed by atoms with Crippen molar-refractivity contribution in [3.8, 4) is 5.75 Å². The van der Waals surface area contributed by atoms with E-state index in [2.05, 4.69) is 17.1 Å². The molecular weight excluding hydrogens is 342 g/mol. The topological polar surface area (TPSA) is 72.9 Å². The standard InChI is InChI=1S/C21H31N3O3/c1-16-7-4-12-23(15-16)13-6-11-22-20(26)18-9-5-14-24(18)21(27)17-8-2-3-10-19(17)25/h2-3,8,10,16,18,25H,4-7,9,11-15H2,1H3,(H,22,26). The first-order valence-corrected chi connectivity index (χ1v) is 10.2. The van der Waals surface area contributed by atoms with E-state index in [1.165, 1.54) is 18.9 Å². The minimum Gasteiger partial charge on any atom is -0.507 e. The summed E-state index contributed by atoms with van der Waals surface area (Å²) in [5.74, 6) is 0.376. The predicted molar refractivity (Wildman–Crippen MR) is 105 cm³/mol. The number of piperidine rings is 1. The SMILES string of the molecule is CC1CCCN(CCCNC(=O)C2CCCN2C(=O)c2ccccc2O)C1. The van der Waals surface area contributed by atoms with Crippen molar-refractivity contribution in [3.63, 3.8) is 0 Å². The zero-order valence-electron chi connectivity index (χ0n) is 16.2. The molecule has 0 aliphatic carbocycles. The monoisotopic (exact) mass is 373 g/mol. The Hall–Kier alpha value is -2.08. The molecule has 0 saturated carbocycles. The van der Waals surface area contributed by atoms with Crippen molar-refractivity contribution in [1.82, 2.24) is 15.1 Å². The first kappa shape index (κ1) is 19.7. The van der Waals surface area contributed by atoms with Crippen LogP contribution in [-0.2, 0) is 4.79 Å². The number of para-hydroxylation sites is 1. The third-order valence-electron chi connectivity index (χ3n) is 5.64. The molecule has 2 aliphatic rings. The highest BCUT2D eigenvalue weighted by Gasteiger charge is 2.35. The van der Waals surface area contributed by atoms with Crippen LogP contribution in [0.15, 0.2) is 24.3 Å². The summed E-state index contributed by atoms with van der Waals surface area (Å²) in [4.78, 5) is 29.4. The van der Waals surface area contributed by atoms with Gasteiger partial charge in [0.15, 0.2) is 0 Å². The molecule has 3 rings (SSSR count). The Bertz CT molecular complexity index is 664. The molecule has 6 nitrogen and oxygen atoms in total. The van der Waals surface area contributed by atoms with E-state index in [4.69, 9.17) is 0 Å². The van der Waals surface area contributed by atoms with Gasteiger partial charge in [0.2, 0.25) is 5.91 Å². The number of likely N-dealkylation sites (tertiary alicyclic amines) is 2. The number of hydrogen-bond donors (Lipinski definition) is 2. The van der Waals surface area contributed by atoms with Gasteiger partial charge in [0.1, 0.15) is 11.8 Å². The Morgan fingerprint density at radius 3 is 2.74 bits per heavy atom. The molecule has 2 unspecified atom stereocenters. The van der Waals surface area contributed by atoms with E-state index in [0.717, 1.165) is 38.4 Å². The van der Waals surface area contributed by atoms with E-state index < -0.39 is 6.04 Å². The number of amides is 2. The summed E-state index contributed by atoms with van der Waals surface area (Å²) >= 11 is 0. The molecule has 2 saturated heterocycles. The van der Waals surface area contributed by atoms with Gasteiger partial charge in [-0.1, -0.05) is 19.1 Å². The van der Waals surface area contributed by atoms with E-state index in [1.807, 2.05) is 0 Å². The van der Waals surface area contributed by atoms with Crippen LogP contribution in [0.5, 0.6) is 5.75 Å². The van der Waals surface area contributed by atoms with Crippen molar-refractivity contribution in [2.75, 3.05) is 32.7 Å². The highest BCUT2D eigenvalue weighted by molar-refractivity contribution is 5.99. The normalized spacial score (nSPS) is 23.4. The molecule has 6 heteroatoms. The van der Waals surface area contributed by atoms with Crippen molar-refractivity contribution < 1.29 is 14.7 Å². The molecule has 0 aromatic heterocycles. The summed E-state index contributed by atoms with van der Waals surface area (Å²) in [6, 6.07) is 6.07. The van der Waals surface area contributed by atoms with Crippen LogP contribution >= 0.6 is 0 Å². The molecule has 2 fully saturated rings. The van der Waals surface area contributed by atoms with Crippen LogP contribution in [0, 0.1) is 5.92 Å². The van der Waals surface area contributed by atoms with Gasteiger partial charge in [0, 0.05) is 19.6 Å². The Labute approximate surface area is 161 Å². The summed E-state index contributed by atoms with van der Waals surface area (Å²) < 4.78 is 0. The number of rotatable bonds is 6. The smallest absolute Gasteiger partial charge is 0.258 e. The van der Waals surface area contributed by atoms with Crippen LogP contribution < -0.4 is 5.32 Å². The van der Waals surface area contributed by atoms with Crippen molar-refractivity contribution in [2.45, 2.75) is 45.1 Å². The number of benzene rings is 1. The second-order valence-corrected chi connectivity index (χ2v) is 7.87. The number of nitrogens with one attached hydrogen (secondary N) is 1. The highest BCUT2D eigenvalue weighted by atomic mass is 16.3. The lowest BCUT2D eigenvalue weighted by atomic mass is 10.0. The molecule has 0 spiro atoms. The molecule has 2 atom stereocenters. The molecule has 2 aliphatic heterocycles. The number of phenolic OH excluding ortho intramolecular Hbond substituents is 1. The first-order chi connectivity index (χ1) is 13.1. The van der Waals surface area contributed by atoms with Crippen molar-refractivity contribution >= 4 is 11.8 Å². The van der Waals surface area contributed by atoms with E-state index in [9.17, 15) is 14.7 Å². The third kappa shape index (κ3) is 5.01. The second kappa shape index (κ2) is 9.22. The minimum absolute atomic E-state index is 0.0377.